The molecule has 0 heterocycles. The molecule has 3 heteroatoms. The molecule has 1 aliphatic rings. The first-order chi connectivity index (χ1) is 7.33. The summed E-state index contributed by atoms with van der Waals surface area (Å²) in [5, 5.41) is 0. The second-order valence-corrected chi connectivity index (χ2v) is 3.99. The zero-order valence-electron chi connectivity index (χ0n) is 9.18. The van der Waals surface area contributed by atoms with Crippen LogP contribution in [0.2, 0.25) is 0 Å². The number of hydrazine groups is 1. The normalized spacial score (nSPS) is 14.0. The standard InChI is InChI=1S/C12H18N2O/c1-9-5-6-12(15-8-7-14-13)11-4-2-3-10(9)11/h5-6,14H,2-4,7-8,13H2,1H3. The highest BCUT2D eigenvalue weighted by Gasteiger charge is 2.17. The summed E-state index contributed by atoms with van der Waals surface area (Å²) in [6, 6.07) is 4.23. The maximum atomic E-state index is 5.70. The molecular weight excluding hydrogens is 188 g/mol. The van der Waals surface area contributed by atoms with E-state index in [9.17, 15) is 0 Å². The maximum absolute atomic E-state index is 5.70. The van der Waals surface area contributed by atoms with Gasteiger partial charge in [0, 0.05) is 6.54 Å². The Balaban J connectivity index is 2.15. The molecule has 0 aromatic heterocycles. The SMILES string of the molecule is Cc1ccc(OCCNN)c2c1CCC2. The topological polar surface area (TPSA) is 47.3 Å². The number of rotatable bonds is 4. The lowest BCUT2D eigenvalue weighted by atomic mass is 10.0. The van der Waals surface area contributed by atoms with Crippen LogP contribution in [-0.2, 0) is 12.8 Å². The van der Waals surface area contributed by atoms with Crippen LogP contribution in [-0.4, -0.2) is 13.2 Å². The maximum Gasteiger partial charge on any atom is 0.122 e. The molecule has 15 heavy (non-hydrogen) atoms. The molecule has 0 amide bonds. The fourth-order valence-electron chi connectivity index (χ4n) is 2.21. The molecule has 0 aliphatic heterocycles. The van der Waals surface area contributed by atoms with Gasteiger partial charge in [-0.1, -0.05) is 6.07 Å². The van der Waals surface area contributed by atoms with Crippen LogP contribution in [0.25, 0.3) is 0 Å². The number of nitrogens with one attached hydrogen (secondary N) is 1. The summed E-state index contributed by atoms with van der Waals surface area (Å²) in [5.41, 5.74) is 6.89. The molecule has 1 aliphatic carbocycles. The minimum Gasteiger partial charge on any atom is -0.492 e. The van der Waals surface area contributed by atoms with E-state index in [2.05, 4.69) is 24.5 Å². The lowest BCUT2D eigenvalue weighted by Crippen LogP contribution is -2.27. The lowest BCUT2D eigenvalue weighted by Gasteiger charge is -2.12. The number of hydrogen-bond acceptors (Lipinski definition) is 3. The molecule has 2 rings (SSSR count). The van der Waals surface area contributed by atoms with Crippen molar-refractivity contribution < 1.29 is 4.74 Å². The third-order valence-electron chi connectivity index (χ3n) is 2.98. The van der Waals surface area contributed by atoms with E-state index in [0.717, 1.165) is 12.2 Å². The third-order valence-corrected chi connectivity index (χ3v) is 2.98. The monoisotopic (exact) mass is 206 g/mol. The molecule has 1 aromatic rings. The number of fused-ring (bicyclic) bond motifs is 1. The van der Waals surface area contributed by atoms with E-state index in [1.54, 1.807) is 0 Å². The van der Waals surface area contributed by atoms with Gasteiger partial charge >= 0.3 is 0 Å². The van der Waals surface area contributed by atoms with Gasteiger partial charge in [-0.15, -0.1) is 0 Å². The van der Waals surface area contributed by atoms with Gasteiger partial charge in [-0.3, -0.25) is 11.3 Å². The summed E-state index contributed by atoms with van der Waals surface area (Å²) in [4.78, 5) is 0. The Morgan fingerprint density at radius 3 is 2.93 bits per heavy atom. The first-order valence-electron chi connectivity index (χ1n) is 5.50. The Bertz CT molecular complexity index is 350. The van der Waals surface area contributed by atoms with E-state index in [1.165, 1.54) is 29.5 Å². The fourth-order valence-corrected chi connectivity index (χ4v) is 2.21. The van der Waals surface area contributed by atoms with Crippen LogP contribution in [0, 0.1) is 6.92 Å². The molecule has 3 N–H and O–H groups in total. The molecule has 0 fully saturated rings. The number of ether oxygens (including phenoxy) is 1. The Morgan fingerprint density at radius 2 is 2.13 bits per heavy atom. The molecule has 0 bridgehead atoms. The number of aryl methyl sites for hydroxylation is 1. The Labute approximate surface area is 90.6 Å². The summed E-state index contributed by atoms with van der Waals surface area (Å²) in [6.45, 7) is 3.49. The molecular formula is C12H18N2O. The van der Waals surface area contributed by atoms with Crippen LogP contribution in [0.3, 0.4) is 0 Å². The molecule has 0 atom stereocenters. The molecule has 3 nitrogen and oxygen atoms in total. The van der Waals surface area contributed by atoms with Crippen molar-refractivity contribution in [2.45, 2.75) is 26.2 Å². The zero-order chi connectivity index (χ0) is 10.7. The first kappa shape index (κ1) is 10.5. The smallest absolute Gasteiger partial charge is 0.122 e. The van der Waals surface area contributed by atoms with Crippen molar-refractivity contribution in [1.29, 1.82) is 0 Å². The summed E-state index contributed by atoms with van der Waals surface area (Å²) in [7, 11) is 0. The minimum atomic E-state index is 0.631. The zero-order valence-corrected chi connectivity index (χ0v) is 9.18. The Morgan fingerprint density at radius 1 is 1.33 bits per heavy atom. The number of nitrogens with two attached hydrogens (primary N) is 1. The van der Waals surface area contributed by atoms with Crippen LogP contribution in [0.15, 0.2) is 12.1 Å². The second-order valence-electron chi connectivity index (χ2n) is 3.99. The Kier molecular flexibility index (Phi) is 3.23. The largest absolute Gasteiger partial charge is 0.492 e. The van der Waals surface area contributed by atoms with Crippen LogP contribution in [0.4, 0.5) is 0 Å². The van der Waals surface area contributed by atoms with Crippen LogP contribution in [0.1, 0.15) is 23.1 Å². The summed E-state index contributed by atoms with van der Waals surface area (Å²) in [6.07, 6.45) is 3.61. The van der Waals surface area contributed by atoms with E-state index in [1.807, 2.05) is 0 Å². The highest BCUT2D eigenvalue weighted by molar-refractivity contribution is 5.47. The average Bonchev–Trinajstić information content (AvgIpc) is 2.71. The Hall–Kier alpha value is -1.06. The van der Waals surface area contributed by atoms with Gasteiger partial charge in [0.2, 0.25) is 0 Å². The molecule has 0 radical (unpaired) electrons. The molecule has 0 saturated carbocycles. The van der Waals surface area contributed by atoms with E-state index in [-0.39, 0.29) is 0 Å². The van der Waals surface area contributed by atoms with Crippen LogP contribution >= 0.6 is 0 Å². The fraction of sp³-hybridized carbons (Fsp3) is 0.500. The predicted molar refractivity (Wildman–Crippen MR) is 60.9 cm³/mol. The number of benzene rings is 1. The van der Waals surface area contributed by atoms with Gasteiger partial charge in [-0.05, 0) is 48.9 Å². The molecule has 82 valence electrons. The van der Waals surface area contributed by atoms with Crippen molar-refractivity contribution in [1.82, 2.24) is 5.43 Å². The number of hydrogen-bond donors (Lipinski definition) is 2. The van der Waals surface area contributed by atoms with Gasteiger partial charge in [-0.2, -0.15) is 0 Å². The molecule has 1 aromatic carbocycles. The van der Waals surface area contributed by atoms with Gasteiger partial charge in [-0.25, -0.2) is 0 Å². The van der Waals surface area contributed by atoms with Gasteiger partial charge in [0.05, 0.1) is 0 Å². The summed E-state index contributed by atoms with van der Waals surface area (Å²) in [5.74, 6) is 6.24. The van der Waals surface area contributed by atoms with Crippen molar-refractivity contribution in [3.8, 4) is 5.75 Å². The van der Waals surface area contributed by atoms with Crippen molar-refractivity contribution in [2.75, 3.05) is 13.2 Å². The van der Waals surface area contributed by atoms with E-state index >= 15 is 0 Å². The molecule has 0 saturated heterocycles. The predicted octanol–water partition coefficient (Wildman–Crippen LogP) is 1.33. The van der Waals surface area contributed by atoms with Crippen LogP contribution in [0.5, 0.6) is 5.75 Å². The van der Waals surface area contributed by atoms with E-state index < -0.39 is 0 Å². The van der Waals surface area contributed by atoms with Gasteiger partial charge in [0.15, 0.2) is 0 Å². The van der Waals surface area contributed by atoms with Crippen LogP contribution < -0.4 is 16.0 Å². The molecule has 0 spiro atoms. The van der Waals surface area contributed by atoms with Crippen molar-refractivity contribution in [3.63, 3.8) is 0 Å². The summed E-state index contributed by atoms with van der Waals surface area (Å²) >= 11 is 0. The second kappa shape index (κ2) is 4.64. The van der Waals surface area contributed by atoms with Gasteiger partial charge in [0.25, 0.3) is 0 Å². The lowest BCUT2D eigenvalue weighted by molar-refractivity contribution is 0.312. The average molecular weight is 206 g/mol. The molecule has 0 unspecified atom stereocenters. The van der Waals surface area contributed by atoms with E-state index in [0.29, 0.717) is 13.2 Å². The van der Waals surface area contributed by atoms with Crippen molar-refractivity contribution in [2.24, 2.45) is 5.84 Å². The quantitative estimate of drug-likeness (QED) is 0.444. The van der Waals surface area contributed by atoms with Crippen molar-refractivity contribution in [3.05, 3.63) is 28.8 Å². The first-order valence-corrected chi connectivity index (χ1v) is 5.50. The summed E-state index contributed by atoms with van der Waals surface area (Å²) < 4.78 is 5.70. The highest BCUT2D eigenvalue weighted by Crippen LogP contribution is 2.32. The highest BCUT2D eigenvalue weighted by atomic mass is 16.5. The van der Waals surface area contributed by atoms with E-state index in [4.69, 9.17) is 10.6 Å². The van der Waals surface area contributed by atoms with Crippen molar-refractivity contribution >= 4 is 0 Å². The third kappa shape index (κ3) is 2.13. The van der Waals surface area contributed by atoms with Gasteiger partial charge < -0.3 is 4.74 Å². The minimum absolute atomic E-state index is 0.631. The van der Waals surface area contributed by atoms with Gasteiger partial charge in [0.1, 0.15) is 12.4 Å².